The fourth-order valence-corrected chi connectivity index (χ4v) is 3.15. The van der Waals surface area contributed by atoms with Gasteiger partial charge in [0.25, 0.3) is 0 Å². The molecule has 0 unspecified atom stereocenters. The molecular weight excluding hydrogens is 420 g/mol. The van der Waals surface area contributed by atoms with E-state index in [1.165, 1.54) is 12.2 Å². The Bertz CT molecular complexity index is 1150. The predicted molar refractivity (Wildman–Crippen MR) is 123 cm³/mol. The molecule has 3 aromatic rings. The molecule has 1 aliphatic heterocycles. The Labute approximate surface area is 191 Å². The second kappa shape index (κ2) is 10.8. The molecule has 6 heteroatoms. The van der Waals surface area contributed by atoms with Crippen molar-refractivity contribution in [2.75, 3.05) is 13.4 Å². The van der Waals surface area contributed by atoms with Crippen LogP contribution in [0.15, 0.2) is 91.0 Å². The highest BCUT2D eigenvalue weighted by Crippen LogP contribution is 2.35. The van der Waals surface area contributed by atoms with Crippen LogP contribution in [0.2, 0.25) is 0 Å². The van der Waals surface area contributed by atoms with Gasteiger partial charge in [-0.2, -0.15) is 0 Å². The lowest BCUT2D eigenvalue weighted by Crippen LogP contribution is -2.17. The van der Waals surface area contributed by atoms with Crippen LogP contribution in [0.4, 0.5) is 0 Å². The molecule has 0 aromatic heterocycles. The minimum absolute atomic E-state index is 0.127. The second-order valence-electron chi connectivity index (χ2n) is 7.16. The van der Waals surface area contributed by atoms with Gasteiger partial charge in [-0.1, -0.05) is 66.7 Å². The van der Waals surface area contributed by atoms with Crippen LogP contribution >= 0.6 is 0 Å². The van der Waals surface area contributed by atoms with Crippen LogP contribution in [0.25, 0.3) is 12.2 Å². The zero-order valence-electron chi connectivity index (χ0n) is 17.8. The fourth-order valence-electron chi connectivity index (χ4n) is 3.15. The van der Waals surface area contributed by atoms with E-state index in [0.717, 1.165) is 11.1 Å². The van der Waals surface area contributed by atoms with Gasteiger partial charge in [-0.25, -0.2) is 9.59 Å². The van der Waals surface area contributed by atoms with Gasteiger partial charge in [0.15, 0.2) is 17.6 Å². The van der Waals surface area contributed by atoms with E-state index >= 15 is 0 Å². The van der Waals surface area contributed by atoms with E-state index in [-0.39, 0.29) is 13.4 Å². The van der Waals surface area contributed by atoms with Crippen molar-refractivity contribution in [1.82, 2.24) is 0 Å². The molecule has 0 fully saturated rings. The average molecular weight is 442 g/mol. The summed E-state index contributed by atoms with van der Waals surface area (Å²) >= 11 is 0. The Morgan fingerprint density at radius 1 is 0.788 bits per heavy atom. The molecule has 166 valence electrons. The lowest BCUT2D eigenvalue weighted by atomic mass is 10.1. The summed E-state index contributed by atoms with van der Waals surface area (Å²) in [5.74, 6) is 0.0529. The number of hydrogen-bond donors (Lipinski definition) is 0. The quantitative estimate of drug-likeness (QED) is 0.362. The Balaban J connectivity index is 1.44. The molecule has 0 N–H and O–H groups in total. The molecule has 0 spiro atoms. The number of esters is 2. The number of hydrogen-bond acceptors (Lipinski definition) is 6. The molecule has 0 radical (unpaired) electrons. The van der Waals surface area contributed by atoms with Crippen LogP contribution in [0.5, 0.6) is 11.5 Å². The van der Waals surface area contributed by atoms with Gasteiger partial charge < -0.3 is 18.9 Å². The maximum Gasteiger partial charge on any atom is 0.331 e. The van der Waals surface area contributed by atoms with Gasteiger partial charge in [-0.05, 0) is 41.0 Å². The van der Waals surface area contributed by atoms with E-state index in [0.29, 0.717) is 17.1 Å². The molecule has 0 bridgehead atoms. The van der Waals surface area contributed by atoms with E-state index < -0.39 is 18.0 Å². The predicted octanol–water partition coefficient (Wildman–Crippen LogP) is 4.97. The highest BCUT2D eigenvalue weighted by atomic mass is 16.7. The van der Waals surface area contributed by atoms with Gasteiger partial charge in [-0.3, -0.25) is 0 Å². The number of ether oxygens (including phenoxy) is 4. The number of fused-ring (bicyclic) bond motifs is 1. The van der Waals surface area contributed by atoms with Crippen LogP contribution in [0.1, 0.15) is 22.8 Å². The highest BCUT2D eigenvalue weighted by Gasteiger charge is 2.22. The molecular formula is C27H22O6. The number of rotatable bonds is 8. The summed E-state index contributed by atoms with van der Waals surface area (Å²) in [6.45, 7) is -0.0230. The topological polar surface area (TPSA) is 71.1 Å². The van der Waals surface area contributed by atoms with Crippen LogP contribution in [0.3, 0.4) is 0 Å². The number of benzene rings is 3. The summed E-state index contributed by atoms with van der Waals surface area (Å²) in [6.07, 6.45) is 5.18. The summed E-state index contributed by atoms with van der Waals surface area (Å²) in [6, 6.07) is 24.0. The molecule has 1 heterocycles. The molecule has 6 nitrogen and oxygen atoms in total. The number of carbonyl (C=O) groups excluding carboxylic acids is 2. The van der Waals surface area contributed by atoms with Crippen molar-refractivity contribution >= 4 is 24.1 Å². The van der Waals surface area contributed by atoms with Gasteiger partial charge in [0.2, 0.25) is 6.79 Å². The summed E-state index contributed by atoms with van der Waals surface area (Å²) in [5.41, 5.74) is 2.37. The molecule has 0 amide bonds. The van der Waals surface area contributed by atoms with E-state index in [2.05, 4.69) is 0 Å². The fraction of sp³-hybridized carbons (Fsp3) is 0.111. The highest BCUT2D eigenvalue weighted by molar-refractivity contribution is 5.88. The monoisotopic (exact) mass is 442 g/mol. The van der Waals surface area contributed by atoms with Crippen molar-refractivity contribution in [3.8, 4) is 11.5 Å². The Kier molecular flexibility index (Phi) is 7.18. The lowest BCUT2D eigenvalue weighted by Gasteiger charge is -2.17. The van der Waals surface area contributed by atoms with Crippen LogP contribution in [-0.4, -0.2) is 25.3 Å². The molecule has 0 aliphatic carbocycles. The van der Waals surface area contributed by atoms with E-state index in [1.807, 2.05) is 60.7 Å². The zero-order chi connectivity index (χ0) is 22.9. The van der Waals surface area contributed by atoms with Crippen molar-refractivity contribution in [3.05, 3.63) is 108 Å². The first-order chi connectivity index (χ1) is 16.2. The van der Waals surface area contributed by atoms with Crippen molar-refractivity contribution < 1.29 is 28.5 Å². The Morgan fingerprint density at radius 2 is 1.39 bits per heavy atom. The normalized spacial score (nSPS) is 13.2. The second-order valence-corrected chi connectivity index (χ2v) is 7.16. The first-order valence-electron chi connectivity index (χ1n) is 10.4. The average Bonchev–Trinajstić information content (AvgIpc) is 3.33. The SMILES string of the molecule is O=C(/C=C/c1ccccc1)OC[C@H](OC(=O)/C=C/c1ccccc1)c1ccc2c(c1)OCO2. The minimum Gasteiger partial charge on any atom is -0.458 e. The van der Waals surface area contributed by atoms with Crippen LogP contribution < -0.4 is 9.47 Å². The van der Waals surface area contributed by atoms with Crippen LogP contribution in [0, 0.1) is 0 Å². The molecule has 3 aromatic carbocycles. The van der Waals surface area contributed by atoms with Crippen molar-refractivity contribution in [3.63, 3.8) is 0 Å². The molecule has 1 atom stereocenters. The lowest BCUT2D eigenvalue weighted by molar-refractivity contribution is -0.153. The van der Waals surface area contributed by atoms with Gasteiger partial charge in [0.05, 0.1) is 0 Å². The van der Waals surface area contributed by atoms with Gasteiger partial charge in [0.1, 0.15) is 6.61 Å². The van der Waals surface area contributed by atoms with Crippen molar-refractivity contribution in [2.45, 2.75) is 6.10 Å². The maximum absolute atomic E-state index is 12.5. The smallest absolute Gasteiger partial charge is 0.331 e. The van der Waals surface area contributed by atoms with Gasteiger partial charge in [-0.15, -0.1) is 0 Å². The van der Waals surface area contributed by atoms with Gasteiger partial charge >= 0.3 is 11.9 Å². The summed E-state index contributed by atoms with van der Waals surface area (Å²) in [7, 11) is 0. The molecule has 0 saturated carbocycles. The third kappa shape index (κ3) is 6.33. The van der Waals surface area contributed by atoms with E-state index in [4.69, 9.17) is 18.9 Å². The first kappa shape index (κ1) is 21.9. The maximum atomic E-state index is 12.5. The van der Waals surface area contributed by atoms with Gasteiger partial charge in [0, 0.05) is 12.2 Å². The third-order valence-electron chi connectivity index (χ3n) is 4.83. The summed E-state index contributed by atoms with van der Waals surface area (Å²) in [4.78, 5) is 24.7. The summed E-state index contributed by atoms with van der Waals surface area (Å²) in [5, 5.41) is 0. The molecule has 1 aliphatic rings. The first-order valence-corrected chi connectivity index (χ1v) is 10.4. The summed E-state index contributed by atoms with van der Waals surface area (Å²) < 4.78 is 21.7. The molecule has 33 heavy (non-hydrogen) atoms. The Hall–Kier alpha value is -4.32. The van der Waals surface area contributed by atoms with Crippen LogP contribution in [-0.2, 0) is 19.1 Å². The number of carbonyl (C=O) groups is 2. The molecule has 4 rings (SSSR count). The Morgan fingerprint density at radius 3 is 2.06 bits per heavy atom. The standard InChI is InChI=1S/C27H22O6/c28-26(15-11-20-7-3-1-4-8-20)30-18-25(22-13-14-23-24(17-22)32-19-31-23)33-27(29)16-12-21-9-5-2-6-10-21/h1-17,25H,18-19H2/b15-11+,16-12+/t25-/m0/s1. The third-order valence-corrected chi connectivity index (χ3v) is 4.83. The van der Waals surface area contributed by atoms with Crippen molar-refractivity contribution in [1.29, 1.82) is 0 Å². The van der Waals surface area contributed by atoms with Crippen molar-refractivity contribution in [2.24, 2.45) is 0 Å². The van der Waals surface area contributed by atoms with E-state index in [9.17, 15) is 9.59 Å². The molecule has 0 saturated heterocycles. The largest absolute Gasteiger partial charge is 0.458 e. The zero-order valence-corrected chi connectivity index (χ0v) is 17.8. The minimum atomic E-state index is -0.818. The van der Waals surface area contributed by atoms with E-state index in [1.54, 1.807) is 30.4 Å².